The van der Waals surface area contributed by atoms with Crippen LogP contribution in [-0.2, 0) is 4.74 Å². The van der Waals surface area contributed by atoms with Crippen molar-refractivity contribution in [3.05, 3.63) is 35.4 Å². The molecule has 0 saturated carbocycles. The van der Waals surface area contributed by atoms with Gasteiger partial charge in [-0.05, 0) is 38.1 Å². The van der Waals surface area contributed by atoms with Crippen LogP contribution < -0.4 is 10.6 Å². The van der Waals surface area contributed by atoms with Crippen LogP contribution in [0.25, 0.3) is 0 Å². The number of piperidine rings is 1. The molecule has 2 N–H and O–H groups in total. The van der Waals surface area contributed by atoms with Crippen molar-refractivity contribution >= 4 is 5.91 Å². The van der Waals surface area contributed by atoms with Gasteiger partial charge in [-0.1, -0.05) is 6.07 Å². The Labute approximate surface area is 116 Å². The van der Waals surface area contributed by atoms with E-state index in [2.05, 4.69) is 10.6 Å². The number of benzene rings is 1. The van der Waals surface area contributed by atoms with Crippen LogP contribution in [0.3, 0.4) is 0 Å². The van der Waals surface area contributed by atoms with E-state index in [-0.39, 0.29) is 12.6 Å². The van der Waals surface area contributed by atoms with Crippen LogP contribution in [0.5, 0.6) is 0 Å². The number of hydrogen-bond acceptors (Lipinski definition) is 3. The predicted octanol–water partition coefficient (Wildman–Crippen LogP) is 1.46. The van der Waals surface area contributed by atoms with Gasteiger partial charge < -0.3 is 15.4 Å². The maximum atomic E-state index is 13.4. The molecule has 1 aliphatic rings. The molecule has 2 rings (SSSR count). The number of nitrogens with one attached hydrogen (secondary N) is 2. The fraction of sp³-hybridized carbons (Fsp3) is 0.500. The van der Waals surface area contributed by atoms with Crippen molar-refractivity contribution in [1.82, 2.24) is 10.6 Å². The van der Waals surface area contributed by atoms with Crippen LogP contribution in [-0.4, -0.2) is 38.3 Å². The number of hydrogen-bond donors (Lipinski definition) is 2. The van der Waals surface area contributed by atoms with Crippen LogP contribution >= 0.6 is 0 Å². The molecule has 0 unspecified atom stereocenters. The van der Waals surface area contributed by atoms with Crippen molar-refractivity contribution in [2.24, 2.45) is 0 Å². The Kier molecular flexibility index (Phi) is 5.43. The molecule has 0 bridgehead atoms. The monoisotopic (exact) mass is 284 g/mol. The smallest absolute Gasteiger partial charge is 0.257 e. The van der Waals surface area contributed by atoms with Crippen molar-refractivity contribution < 1.29 is 18.3 Å². The summed E-state index contributed by atoms with van der Waals surface area (Å²) in [5.74, 6) is -2.47. The minimum Gasteiger partial charge on any atom is -0.376 e. The summed E-state index contributed by atoms with van der Waals surface area (Å²) in [6.07, 6.45) is 2.07. The molecule has 0 aliphatic carbocycles. The van der Waals surface area contributed by atoms with Gasteiger partial charge in [-0.15, -0.1) is 0 Å². The quantitative estimate of drug-likeness (QED) is 0.805. The van der Waals surface area contributed by atoms with E-state index in [0.717, 1.165) is 38.1 Å². The molecule has 110 valence electrons. The number of carbonyl (C=O) groups is 1. The van der Waals surface area contributed by atoms with Gasteiger partial charge in [0.2, 0.25) is 0 Å². The Hall–Kier alpha value is -1.53. The fourth-order valence-corrected chi connectivity index (χ4v) is 2.16. The van der Waals surface area contributed by atoms with E-state index < -0.39 is 23.1 Å². The average Bonchev–Trinajstić information content (AvgIpc) is 2.44. The molecule has 1 aromatic carbocycles. The fourth-order valence-electron chi connectivity index (χ4n) is 2.16. The van der Waals surface area contributed by atoms with Gasteiger partial charge >= 0.3 is 0 Å². The summed E-state index contributed by atoms with van der Waals surface area (Å²) in [6, 6.07) is 3.34. The molecular weight excluding hydrogens is 266 g/mol. The SMILES string of the molecule is O=C(NCCOC1CCNCC1)c1c(F)cccc1F. The normalized spacial score (nSPS) is 16.1. The van der Waals surface area contributed by atoms with Gasteiger partial charge in [0.1, 0.15) is 17.2 Å². The van der Waals surface area contributed by atoms with E-state index in [1.54, 1.807) is 0 Å². The zero-order valence-electron chi connectivity index (χ0n) is 11.1. The third kappa shape index (κ3) is 3.98. The van der Waals surface area contributed by atoms with E-state index in [0.29, 0.717) is 6.61 Å². The minimum atomic E-state index is -0.859. The second-order valence-electron chi connectivity index (χ2n) is 4.67. The Morgan fingerprint density at radius 2 is 1.95 bits per heavy atom. The molecule has 20 heavy (non-hydrogen) atoms. The van der Waals surface area contributed by atoms with Gasteiger partial charge in [0.25, 0.3) is 5.91 Å². The molecule has 1 saturated heterocycles. The van der Waals surface area contributed by atoms with E-state index >= 15 is 0 Å². The first kappa shape index (κ1) is 14.9. The Bertz CT molecular complexity index is 442. The largest absolute Gasteiger partial charge is 0.376 e. The summed E-state index contributed by atoms with van der Waals surface area (Å²) >= 11 is 0. The molecule has 1 heterocycles. The maximum Gasteiger partial charge on any atom is 0.257 e. The standard InChI is InChI=1S/C14H18F2N2O2/c15-11-2-1-3-12(16)13(11)14(19)18-8-9-20-10-4-6-17-7-5-10/h1-3,10,17H,4-9H2,(H,18,19). The van der Waals surface area contributed by atoms with Gasteiger partial charge in [0.15, 0.2) is 0 Å². The summed E-state index contributed by atoms with van der Waals surface area (Å²) in [5, 5.41) is 5.68. The third-order valence-electron chi connectivity index (χ3n) is 3.22. The predicted molar refractivity (Wildman–Crippen MR) is 70.5 cm³/mol. The maximum absolute atomic E-state index is 13.4. The minimum absolute atomic E-state index is 0.193. The molecular formula is C14H18F2N2O2. The molecule has 4 nitrogen and oxygen atoms in total. The number of halogens is 2. The van der Waals surface area contributed by atoms with Crippen LogP contribution in [0.4, 0.5) is 8.78 Å². The van der Waals surface area contributed by atoms with Crippen molar-refractivity contribution in [3.8, 4) is 0 Å². The van der Waals surface area contributed by atoms with Crippen molar-refractivity contribution in [1.29, 1.82) is 0 Å². The lowest BCUT2D eigenvalue weighted by atomic mass is 10.1. The van der Waals surface area contributed by atoms with E-state index in [9.17, 15) is 13.6 Å². The number of carbonyl (C=O) groups excluding carboxylic acids is 1. The Morgan fingerprint density at radius 3 is 2.60 bits per heavy atom. The van der Waals surface area contributed by atoms with E-state index in [1.807, 2.05) is 0 Å². The molecule has 0 radical (unpaired) electrons. The van der Waals surface area contributed by atoms with E-state index in [1.165, 1.54) is 6.07 Å². The summed E-state index contributed by atoms with van der Waals surface area (Å²) in [6.45, 7) is 2.43. The van der Waals surface area contributed by atoms with Crippen LogP contribution in [0.15, 0.2) is 18.2 Å². The molecule has 1 fully saturated rings. The summed E-state index contributed by atoms with van der Waals surface area (Å²) in [4.78, 5) is 11.7. The topological polar surface area (TPSA) is 50.4 Å². The molecule has 0 spiro atoms. The number of amides is 1. The first-order valence-electron chi connectivity index (χ1n) is 6.73. The molecule has 1 aliphatic heterocycles. The first-order valence-corrected chi connectivity index (χ1v) is 6.73. The highest BCUT2D eigenvalue weighted by Gasteiger charge is 2.17. The molecule has 6 heteroatoms. The summed E-state index contributed by atoms with van der Waals surface area (Å²) in [7, 11) is 0. The second kappa shape index (κ2) is 7.31. The summed E-state index contributed by atoms with van der Waals surface area (Å²) < 4.78 is 32.3. The highest BCUT2D eigenvalue weighted by atomic mass is 19.1. The van der Waals surface area contributed by atoms with Crippen molar-refractivity contribution in [3.63, 3.8) is 0 Å². The van der Waals surface area contributed by atoms with E-state index in [4.69, 9.17) is 4.74 Å². The van der Waals surface area contributed by atoms with Crippen molar-refractivity contribution in [2.45, 2.75) is 18.9 Å². The Balaban J connectivity index is 1.75. The van der Waals surface area contributed by atoms with Gasteiger partial charge in [-0.3, -0.25) is 4.79 Å². The number of rotatable bonds is 5. The van der Waals surface area contributed by atoms with Crippen LogP contribution in [0, 0.1) is 11.6 Å². The van der Waals surface area contributed by atoms with Crippen molar-refractivity contribution in [2.75, 3.05) is 26.2 Å². The molecule has 0 aromatic heterocycles. The van der Waals surface area contributed by atoms with Gasteiger partial charge in [-0.2, -0.15) is 0 Å². The zero-order valence-corrected chi connectivity index (χ0v) is 11.1. The molecule has 0 atom stereocenters. The second-order valence-corrected chi connectivity index (χ2v) is 4.67. The molecule has 1 aromatic rings. The zero-order chi connectivity index (χ0) is 14.4. The average molecular weight is 284 g/mol. The van der Waals surface area contributed by atoms with Gasteiger partial charge in [0.05, 0.1) is 12.7 Å². The lowest BCUT2D eigenvalue weighted by Gasteiger charge is -2.22. The summed E-state index contributed by atoms with van der Waals surface area (Å²) in [5.41, 5.74) is -0.547. The lowest BCUT2D eigenvalue weighted by molar-refractivity contribution is 0.0343. The highest BCUT2D eigenvalue weighted by molar-refractivity contribution is 5.94. The Morgan fingerprint density at radius 1 is 1.30 bits per heavy atom. The third-order valence-corrected chi connectivity index (χ3v) is 3.22. The number of ether oxygens (including phenoxy) is 1. The molecule has 1 amide bonds. The van der Waals surface area contributed by atoms with Gasteiger partial charge in [0, 0.05) is 6.54 Å². The highest BCUT2D eigenvalue weighted by Crippen LogP contribution is 2.11. The van der Waals surface area contributed by atoms with Crippen LogP contribution in [0.2, 0.25) is 0 Å². The first-order chi connectivity index (χ1) is 9.68. The van der Waals surface area contributed by atoms with Gasteiger partial charge in [-0.25, -0.2) is 8.78 Å². The van der Waals surface area contributed by atoms with Crippen LogP contribution in [0.1, 0.15) is 23.2 Å². The lowest BCUT2D eigenvalue weighted by Crippen LogP contribution is -2.35.